The molecule has 0 saturated heterocycles. The number of thiophene rings is 1. The highest BCUT2D eigenvalue weighted by Crippen LogP contribution is 2.08. The molecule has 3 nitrogen and oxygen atoms in total. The predicted octanol–water partition coefficient (Wildman–Crippen LogP) is 1.98. The average molecular weight is 274 g/mol. The summed E-state index contributed by atoms with van der Waals surface area (Å²) in [6.07, 6.45) is 1.44. The van der Waals surface area contributed by atoms with Crippen molar-refractivity contribution in [2.75, 3.05) is 6.54 Å². The minimum absolute atomic E-state index is 0.0830. The largest absolute Gasteiger partial charge is 0.354 e. The maximum absolute atomic E-state index is 11.8. The first-order valence-electron chi connectivity index (χ1n) is 6.35. The number of nitrogens with one attached hydrogen (secondary N) is 1. The second-order valence-electron chi connectivity index (χ2n) is 4.42. The van der Waals surface area contributed by atoms with Crippen molar-refractivity contribution in [2.24, 2.45) is 5.73 Å². The molecule has 1 aromatic carbocycles. The van der Waals surface area contributed by atoms with Gasteiger partial charge in [0.2, 0.25) is 5.91 Å². The van der Waals surface area contributed by atoms with E-state index >= 15 is 0 Å². The molecule has 0 radical (unpaired) electrons. The molecule has 0 fully saturated rings. The number of amides is 1. The number of nitrogens with two attached hydrogens (primary N) is 1. The van der Waals surface area contributed by atoms with E-state index in [1.165, 1.54) is 4.88 Å². The van der Waals surface area contributed by atoms with Gasteiger partial charge in [-0.05, 0) is 29.9 Å². The van der Waals surface area contributed by atoms with Gasteiger partial charge in [0.15, 0.2) is 0 Å². The molecular formula is C15H18N2OS. The summed E-state index contributed by atoms with van der Waals surface area (Å²) in [6, 6.07) is 13.4. The second-order valence-corrected chi connectivity index (χ2v) is 5.45. The molecule has 0 bridgehead atoms. The van der Waals surface area contributed by atoms with E-state index in [9.17, 15) is 4.79 Å². The lowest BCUT2D eigenvalue weighted by atomic mass is 10.1. The van der Waals surface area contributed by atoms with Crippen LogP contribution in [0.3, 0.4) is 0 Å². The average Bonchev–Trinajstić information content (AvgIpc) is 2.93. The highest BCUT2D eigenvalue weighted by molar-refractivity contribution is 7.09. The molecule has 0 aliphatic heterocycles. The first-order chi connectivity index (χ1) is 9.25. The van der Waals surface area contributed by atoms with E-state index in [-0.39, 0.29) is 5.91 Å². The minimum Gasteiger partial charge on any atom is -0.354 e. The lowest BCUT2D eigenvalue weighted by Crippen LogP contribution is -2.42. The minimum atomic E-state index is -0.481. The Labute approximate surface area is 117 Å². The number of rotatable bonds is 6. The van der Waals surface area contributed by atoms with Gasteiger partial charge in [-0.25, -0.2) is 0 Å². The fraction of sp³-hybridized carbons (Fsp3) is 0.267. The fourth-order valence-electron chi connectivity index (χ4n) is 1.86. The molecule has 100 valence electrons. The van der Waals surface area contributed by atoms with E-state index < -0.39 is 6.04 Å². The standard InChI is InChI=1S/C15H18N2OS/c16-14(11-12-5-2-1-3-6-12)15(18)17-9-8-13-7-4-10-19-13/h1-7,10,14H,8-9,11,16H2,(H,17,18)/t14-/m0/s1. The Morgan fingerprint density at radius 2 is 2.00 bits per heavy atom. The van der Waals surface area contributed by atoms with E-state index in [2.05, 4.69) is 11.4 Å². The summed E-state index contributed by atoms with van der Waals surface area (Å²) in [5.41, 5.74) is 6.99. The van der Waals surface area contributed by atoms with Gasteiger partial charge in [-0.15, -0.1) is 11.3 Å². The Hall–Kier alpha value is -1.65. The fourth-order valence-corrected chi connectivity index (χ4v) is 2.56. The van der Waals surface area contributed by atoms with Crippen LogP contribution in [0.2, 0.25) is 0 Å². The Balaban J connectivity index is 1.73. The van der Waals surface area contributed by atoms with Gasteiger partial charge in [0.1, 0.15) is 0 Å². The predicted molar refractivity (Wildman–Crippen MR) is 79.2 cm³/mol. The van der Waals surface area contributed by atoms with Gasteiger partial charge < -0.3 is 11.1 Å². The van der Waals surface area contributed by atoms with Crippen LogP contribution in [0, 0.1) is 0 Å². The first-order valence-corrected chi connectivity index (χ1v) is 7.23. The molecule has 0 unspecified atom stereocenters. The van der Waals surface area contributed by atoms with Gasteiger partial charge in [0, 0.05) is 11.4 Å². The molecule has 19 heavy (non-hydrogen) atoms. The molecule has 3 N–H and O–H groups in total. The molecule has 2 rings (SSSR count). The van der Waals surface area contributed by atoms with E-state index in [4.69, 9.17) is 5.73 Å². The van der Waals surface area contributed by atoms with Gasteiger partial charge >= 0.3 is 0 Å². The van der Waals surface area contributed by atoms with Crippen LogP contribution >= 0.6 is 11.3 Å². The summed E-state index contributed by atoms with van der Waals surface area (Å²) in [5, 5.41) is 4.92. The Morgan fingerprint density at radius 3 is 2.68 bits per heavy atom. The van der Waals surface area contributed by atoms with E-state index in [0.29, 0.717) is 13.0 Å². The summed E-state index contributed by atoms with van der Waals surface area (Å²) >= 11 is 1.70. The third-order valence-electron chi connectivity index (χ3n) is 2.89. The smallest absolute Gasteiger partial charge is 0.237 e. The van der Waals surface area contributed by atoms with E-state index in [0.717, 1.165) is 12.0 Å². The molecule has 1 atom stereocenters. The van der Waals surface area contributed by atoms with Crippen molar-refractivity contribution in [3.8, 4) is 0 Å². The Morgan fingerprint density at radius 1 is 1.21 bits per heavy atom. The Kier molecular flexibility index (Phi) is 5.12. The summed E-state index contributed by atoms with van der Waals surface area (Å²) in [7, 11) is 0. The maximum Gasteiger partial charge on any atom is 0.237 e. The zero-order valence-corrected chi connectivity index (χ0v) is 11.5. The van der Waals surface area contributed by atoms with Gasteiger partial charge in [-0.3, -0.25) is 4.79 Å². The summed E-state index contributed by atoms with van der Waals surface area (Å²) < 4.78 is 0. The molecule has 1 heterocycles. The third kappa shape index (κ3) is 4.50. The number of carbonyl (C=O) groups excluding carboxylic acids is 1. The molecule has 2 aromatic rings. The highest BCUT2D eigenvalue weighted by Gasteiger charge is 2.13. The first kappa shape index (κ1) is 13.8. The van der Waals surface area contributed by atoms with E-state index in [1.54, 1.807) is 11.3 Å². The third-order valence-corrected chi connectivity index (χ3v) is 3.82. The van der Waals surface area contributed by atoms with Gasteiger partial charge in [-0.2, -0.15) is 0 Å². The summed E-state index contributed by atoms with van der Waals surface area (Å²) in [5.74, 6) is -0.0830. The molecule has 1 aromatic heterocycles. The van der Waals surface area contributed by atoms with Crippen LogP contribution < -0.4 is 11.1 Å². The zero-order chi connectivity index (χ0) is 13.5. The lowest BCUT2D eigenvalue weighted by Gasteiger charge is -2.12. The monoisotopic (exact) mass is 274 g/mol. The van der Waals surface area contributed by atoms with Crippen molar-refractivity contribution in [1.29, 1.82) is 0 Å². The normalized spacial score (nSPS) is 12.1. The quantitative estimate of drug-likeness (QED) is 0.846. The lowest BCUT2D eigenvalue weighted by molar-refractivity contribution is -0.122. The highest BCUT2D eigenvalue weighted by atomic mass is 32.1. The van der Waals surface area contributed by atoms with Crippen molar-refractivity contribution in [2.45, 2.75) is 18.9 Å². The topological polar surface area (TPSA) is 55.1 Å². The summed E-state index contributed by atoms with van der Waals surface area (Å²) in [4.78, 5) is 13.1. The van der Waals surface area contributed by atoms with Crippen LogP contribution in [0.5, 0.6) is 0 Å². The van der Waals surface area contributed by atoms with Crippen LogP contribution in [0.4, 0.5) is 0 Å². The molecule has 4 heteroatoms. The number of hydrogen-bond donors (Lipinski definition) is 2. The number of carbonyl (C=O) groups is 1. The van der Waals surface area contributed by atoms with Crippen LogP contribution in [0.1, 0.15) is 10.4 Å². The maximum atomic E-state index is 11.8. The van der Waals surface area contributed by atoms with Crippen molar-refractivity contribution < 1.29 is 4.79 Å². The van der Waals surface area contributed by atoms with E-state index in [1.807, 2.05) is 41.8 Å². The second kappa shape index (κ2) is 7.07. The molecule has 1 amide bonds. The van der Waals surface area contributed by atoms with Crippen LogP contribution in [-0.2, 0) is 17.6 Å². The molecule has 0 aliphatic rings. The van der Waals surface area contributed by atoms with Crippen LogP contribution in [0.25, 0.3) is 0 Å². The van der Waals surface area contributed by atoms with Crippen molar-refractivity contribution in [1.82, 2.24) is 5.32 Å². The summed E-state index contributed by atoms with van der Waals surface area (Å²) in [6.45, 7) is 0.641. The van der Waals surface area contributed by atoms with Gasteiger partial charge in [0.25, 0.3) is 0 Å². The molecule has 0 aliphatic carbocycles. The Bertz CT molecular complexity index is 496. The van der Waals surface area contributed by atoms with Gasteiger partial charge in [-0.1, -0.05) is 36.4 Å². The van der Waals surface area contributed by atoms with Crippen molar-refractivity contribution in [3.05, 3.63) is 58.3 Å². The molecule has 0 saturated carbocycles. The number of hydrogen-bond acceptors (Lipinski definition) is 3. The molecule has 0 spiro atoms. The van der Waals surface area contributed by atoms with Gasteiger partial charge in [0.05, 0.1) is 6.04 Å². The molecular weight excluding hydrogens is 256 g/mol. The van der Waals surface area contributed by atoms with Crippen molar-refractivity contribution >= 4 is 17.2 Å². The van der Waals surface area contributed by atoms with Crippen molar-refractivity contribution in [3.63, 3.8) is 0 Å². The zero-order valence-electron chi connectivity index (χ0n) is 10.7. The number of benzene rings is 1. The van der Waals surface area contributed by atoms with Crippen LogP contribution in [-0.4, -0.2) is 18.5 Å². The van der Waals surface area contributed by atoms with Crippen LogP contribution in [0.15, 0.2) is 47.8 Å². The SMILES string of the molecule is N[C@@H](Cc1ccccc1)C(=O)NCCc1cccs1.